The van der Waals surface area contributed by atoms with Crippen LogP contribution < -0.4 is 0 Å². The van der Waals surface area contributed by atoms with Gasteiger partial charge in [-0.15, -0.1) is 0 Å². The molecule has 0 unspecified atom stereocenters. The fourth-order valence-electron chi connectivity index (χ4n) is 3.64. The largest absolute Gasteiger partial charge is 0.480 e. The van der Waals surface area contributed by atoms with E-state index >= 15 is 0 Å². The Morgan fingerprint density at radius 3 is 2.59 bits per heavy atom. The molecular formula is C22H26BNO3. The van der Waals surface area contributed by atoms with Crippen LogP contribution in [0.2, 0.25) is 0 Å². The Kier molecular flexibility index (Phi) is 6.48. The van der Waals surface area contributed by atoms with Crippen LogP contribution in [0, 0.1) is 0 Å². The third-order valence-corrected chi connectivity index (χ3v) is 5.21. The molecule has 2 N–H and O–H groups in total. The van der Waals surface area contributed by atoms with Gasteiger partial charge in [0, 0.05) is 18.7 Å². The van der Waals surface area contributed by atoms with Crippen molar-refractivity contribution in [3.8, 4) is 0 Å². The molecule has 27 heavy (non-hydrogen) atoms. The predicted molar refractivity (Wildman–Crippen MR) is 109 cm³/mol. The van der Waals surface area contributed by atoms with E-state index in [0.29, 0.717) is 11.5 Å². The summed E-state index contributed by atoms with van der Waals surface area (Å²) in [5, 5.41) is 17.9. The van der Waals surface area contributed by atoms with E-state index in [1.807, 2.05) is 23.1 Å². The second-order valence-electron chi connectivity index (χ2n) is 7.06. The van der Waals surface area contributed by atoms with Gasteiger partial charge in [-0.3, -0.25) is 4.79 Å². The van der Waals surface area contributed by atoms with Gasteiger partial charge in [-0.05, 0) is 54.0 Å². The molecule has 1 heterocycles. The Bertz CT molecular complexity index is 811. The number of benzene rings is 2. The maximum absolute atomic E-state index is 12.8. The van der Waals surface area contributed by atoms with Crippen molar-refractivity contribution in [1.82, 2.24) is 4.90 Å². The average molecular weight is 363 g/mol. The highest BCUT2D eigenvalue weighted by atomic mass is 16.4. The molecule has 0 bridgehead atoms. The van der Waals surface area contributed by atoms with Gasteiger partial charge >= 0.3 is 7.12 Å². The van der Waals surface area contributed by atoms with E-state index in [1.165, 1.54) is 17.1 Å². The van der Waals surface area contributed by atoms with Gasteiger partial charge < -0.3 is 14.9 Å². The lowest BCUT2D eigenvalue weighted by Gasteiger charge is -2.32. The third kappa shape index (κ3) is 5.09. The van der Waals surface area contributed by atoms with Crippen molar-refractivity contribution in [3.05, 3.63) is 76.8 Å². The monoisotopic (exact) mass is 363 g/mol. The van der Waals surface area contributed by atoms with Gasteiger partial charge in [-0.25, -0.2) is 0 Å². The molecule has 1 aliphatic heterocycles. The van der Waals surface area contributed by atoms with Crippen LogP contribution in [0.15, 0.2) is 54.5 Å². The van der Waals surface area contributed by atoms with E-state index in [0.717, 1.165) is 37.9 Å². The van der Waals surface area contributed by atoms with Gasteiger partial charge in [0.1, 0.15) is 0 Å². The van der Waals surface area contributed by atoms with Crippen LogP contribution in [-0.2, 0) is 6.42 Å². The van der Waals surface area contributed by atoms with Gasteiger partial charge in [0.25, 0.3) is 5.91 Å². The maximum atomic E-state index is 12.8. The van der Waals surface area contributed by atoms with Crippen LogP contribution in [0.4, 0.5) is 0 Å². The molecule has 0 aliphatic carbocycles. The summed E-state index contributed by atoms with van der Waals surface area (Å²) < 4.78 is 0. The lowest BCUT2D eigenvalue weighted by Crippen LogP contribution is -2.37. The summed E-state index contributed by atoms with van der Waals surface area (Å²) in [7, 11) is -1.49. The highest BCUT2D eigenvalue weighted by molar-refractivity contribution is 6.48. The van der Waals surface area contributed by atoms with Crippen LogP contribution in [0.5, 0.6) is 0 Å². The number of likely N-dealkylation sites (tertiary alicyclic amines) is 1. The molecule has 4 nitrogen and oxygen atoms in total. The number of hydrogen-bond acceptors (Lipinski definition) is 3. The Morgan fingerprint density at radius 2 is 1.89 bits per heavy atom. The summed E-state index contributed by atoms with van der Waals surface area (Å²) in [4.78, 5) is 14.8. The second-order valence-corrected chi connectivity index (χ2v) is 7.06. The lowest BCUT2D eigenvalue weighted by molar-refractivity contribution is 0.0713. The normalized spacial score (nSPS) is 15.3. The second kappa shape index (κ2) is 9.02. The van der Waals surface area contributed by atoms with Gasteiger partial charge in [-0.1, -0.05) is 55.4 Å². The van der Waals surface area contributed by atoms with Gasteiger partial charge in [0.2, 0.25) is 0 Å². The minimum Gasteiger partial charge on any atom is -0.424 e. The predicted octanol–water partition coefficient (Wildman–Crippen LogP) is 3.29. The molecule has 0 aromatic heterocycles. The minimum absolute atomic E-state index is 0.0376. The Hall–Kier alpha value is -2.37. The molecule has 1 amide bonds. The first-order valence-corrected chi connectivity index (χ1v) is 9.59. The number of aryl methyl sites for hydroxylation is 1. The van der Waals surface area contributed by atoms with Crippen molar-refractivity contribution in [3.63, 3.8) is 0 Å². The summed E-state index contributed by atoms with van der Waals surface area (Å²) in [6.45, 7) is 3.69. The fraction of sp³-hybridized carbons (Fsp3) is 0.318. The van der Waals surface area contributed by atoms with E-state index in [-0.39, 0.29) is 5.91 Å². The lowest BCUT2D eigenvalue weighted by atomic mass is 9.88. The van der Waals surface area contributed by atoms with Crippen molar-refractivity contribution in [1.29, 1.82) is 0 Å². The highest BCUT2D eigenvalue weighted by Crippen LogP contribution is 2.29. The molecule has 3 rings (SSSR count). The van der Waals surface area contributed by atoms with Gasteiger partial charge in [0.15, 0.2) is 0 Å². The molecular weight excluding hydrogens is 337 g/mol. The number of nitrogens with zero attached hydrogens (tertiary/aromatic N) is 1. The summed E-state index contributed by atoms with van der Waals surface area (Å²) in [6, 6.07) is 16.1. The topological polar surface area (TPSA) is 60.8 Å². The Labute approximate surface area is 161 Å². The van der Waals surface area contributed by atoms with Crippen molar-refractivity contribution in [2.75, 3.05) is 13.1 Å². The van der Waals surface area contributed by atoms with E-state index in [2.05, 4.69) is 31.2 Å². The average Bonchev–Trinajstić information content (AvgIpc) is 2.72. The zero-order valence-corrected chi connectivity index (χ0v) is 15.7. The molecule has 0 spiro atoms. The molecule has 0 radical (unpaired) electrons. The summed E-state index contributed by atoms with van der Waals surface area (Å²) in [5.74, 6) is 1.83. The van der Waals surface area contributed by atoms with Gasteiger partial charge in [0.05, 0.1) is 0 Å². The number of piperidine rings is 1. The van der Waals surface area contributed by atoms with Crippen molar-refractivity contribution >= 4 is 19.1 Å². The molecule has 0 saturated carbocycles. The fourth-order valence-corrected chi connectivity index (χ4v) is 3.64. The molecule has 1 aliphatic rings. The van der Waals surface area contributed by atoms with Crippen molar-refractivity contribution < 1.29 is 14.8 Å². The SMILES string of the molecule is CCc1cccc(C2CCN(C(=O)c3cccc(C=CB(O)O)c3)CC2)c1. The van der Waals surface area contributed by atoms with E-state index in [9.17, 15) is 4.79 Å². The first kappa shape index (κ1) is 19.4. The summed E-state index contributed by atoms with van der Waals surface area (Å²) in [6.07, 6.45) is 4.61. The third-order valence-electron chi connectivity index (χ3n) is 5.21. The smallest absolute Gasteiger partial charge is 0.424 e. The van der Waals surface area contributed by atoms with E-state index in [1.54, 1.807) is 12.1 Å². The molecule has 1 fully saturated rings. The molecule has 2 aromatic carbocycles. The maximum Gasteiger partial charge on any atom is 0.480 e. The highest BCUT2D eigenvalue weighted by Gasteiger charge is 2.24. The van der Waals surface area contributed by atoms with Crippen molar-refractivity contribution in [2.24, 2.45) is 0 Å². The first-order valence-electron chi connectivity index (χ1n) is 9.59. The Morgan fingerprint density at radius 1 is 1.15 bits per heavy atom. The van der Waals surface area contributed by atoms with Gasteiger partial charge in [-0.2, -0.15) is 0 Å². The Balaban J connectivity index is 1.64. The van der Waals surface area contributed by atoms with Crippen LogP contribution in [0.1, 0.15) is 52.7 Å². The molecule has 5 heteroatoms. The number of rotatable bonds is 5. The zero-order valence-electron chi connectivity index (χ0n) is 15.7. The van der Waals surface area contributed by atoms with Crippen LogP contribution >= 0.6 is 0 Å². The standard InChI is InChI=1S/C22H26BNO3/c1-2-17-5-3-7-20(15-17)19-10-13-24(14-11-19)22(25)21-8-4-6-18(16-21)9-12-23(26)27/h3-9,12,15-16,19,26-27H,2,10-11,13-14H2,1H3. The number of hydrogen-bond donors (Lipinski definition) is 2. The number of carbonyl (C=O) groups excluding carboxylic acids is 1. The van der Waals surface area contributed by atoms with E-state index < -0.39 is 7.12 Å². The number of carbonyl (C=O) groups is 1. The minimum atomic E-state index is -1.49. The van der Waals surface area contributed by atoms with E-state index in [4.69, 9.17) is 10.0 Å². The van der Waals surface area contributed by atoms with Crippen LogP contribution in [0.25, 0.3) is 6.08 Å². The van der Waals surface area contributed by atoms with Crippen LogP contribution in [0.3, 0.4) is 0 Å². The summed E-state index contributed by atoms with van der Waals surface area (Å²) in [5.41, 5.74) is 4.16. The molecule has 2 aromatic rings. The molecule has 1 saturated heterocycles. The summed E-state index contributed by atoms with van der Waals surface area (Å²) >= 11 is 0. The van der Waals surface area contributed by atoms with Crippen molar-refractivity contribution in [2.45, 2.75) is 32.1 Å². The number of amides is 1. The zero-order chi connectivity index (χ0) is 19.2. The van der Waals surface area contributed by atoms with Crippen LogP contribution in [-0.4, -0.2) is 41.1 Å². The quantitative estimate of drug-likeness (QED) is 0.802. The molecule has 140 valence electrons. The molecule has 0 atom stereocenters. The first-order chi connectivity index (χ1) is 13.1.